The molecule has 0 N–H and O–H groups in total. The molecular formula is C55H35N5. The Labute approximate surface area is 348 Å². The minimum Gasteiger partial charge on any atom is -0.308 e. The van der Waals surface area contributed by atoms with Gasteiger partial charge in [0, 0.05) is 38.6 Å². The van der Waals surface area contributed by atoms with Crippen LogP contribution in [0.25, 0.3) is 99.6 Å². The number of aryl methyl sites for hydroxylation is 1. The van der Waals surface area contributed by atoms with Gasteiger partial charge in [0.2, 0.25) is 0 Å². The van der Waals surface area contributed by atoms with E-state index in [1.165, 1.54) is 11.1 Å². The van der Waals surface area contributed by atoms with Crippen LogP contribution >= 0.6 is 0 Å². The number of nitriles is 1. The van der Waals surface area contributed by atoms with Crippen LogP contribution in [0, 0.1) is 24.8 Å². The van der Waals surface area contributed by atoms with Crippen LogP contribution in [-0.2, 0) is 0 Å². The molecule has 0 fully saturated rings. The van der Waals surface area contributed by atoms with Gasteiger partial charge in [-0.2, -0.15) is 5.26 Å². The number of hydrogen-bond donors (Lipinski definition) is 0. The topological polar surface area (TPSA) is 58.9 Å². The first kappa shape index (κ1) is 36.0. The Morgan fingerprint density at radius 2 is 1.03 bits per heavy atom. The molecule has 5 nitrogen and oxygen atoms in total. The number of fused-ring (bicyclic) bond motifs is 3. The van der Waals surface area contributed by atoms with E-state index < -0.39 is 0 Å². The highest BCUT2D eigenvalue weighted by Crippen LogP contribution is 2.45. The predicted molar refractivity (Wildman–Crippen MR) is 245 cm³/mol. The first-order valence-electron chi connectivity index (χ1n) is 19.8. The zero-order chi connectivity index (χ0) is 40.6. The summed E-state index contributed by atoms with van der Waals surface area (Å²) >= 11 is 0. The van der Waals surface area contributed by atoms with Gasteiger partial charge in [-0.25, -0.2) is 14.8 Å². The maximum Gasteiger partial charge on any atom is 0.187 e. The fourth-order valence-corrected chi connectivity index (χ4v) is 8.19. The van der Waals surface area contributed by atoms with Crippen molar-refractivity contribution in [2.24, 2.45) is 0 Å². The van der Waals surface area contributed by atoms with Gasteiger partial charge in [-0.3, -0.25) is 0 Å². The molecule has 0 radical (unpaired) electrons. The van der Waals surface area contributed by atoms with Crippen LogP contribution in [0.2, 0.25) is 0 Å². The van der Waals surface area contributed by atoms with Gasteiger partial charge in [0.05, 0.1) is 46.3 Å². The second-order valence-corrected chi connectivity index (χ2v) is 14.9. The summed E-state index contributed by atoms with van der Waals surface area (Å²) in [4.78, 5) is 14.2. The highest BCUT2D eigenvalue weighted by atomic mass is 15.0. The van der Waals surface area contributed by atoms with Crippen molar-refractivity contribution in [1.82, 2.24) is 14.5 Å². The Bertz CT molecular complexity index is 3180. The van der Waals surface area contributed by atoms with E-state index in [0.29, 0.717) is 17.1 Å². The summed E-state index contributed by atoms with van der Waals surface area (Å²) in [5, 5.41) is 12.1. The monoisotopic (exact) mass is 765 g/mol. The normalized spacial score (nSPS) is 11.1. The molecule has 0 aliphatic heterocycles. The maximum atomic E-state index is 9.84. The summed E-state index contributed by atoms with van der Waals surface area (Å²) in [6.45, 7) is 9.86. The van der Waals surface area contributed by atoms with Crippen molar-refractivity contribution < 1.29 is 0 Å². The molecule has 0 bridgehead atoms. The Morgan fingerprint density at radius 1 is 0.483 bits per heavy atom. The molecular weight excluding hydrogens is 731 g/mol. The van der Waals surface area contributed by atoms with Gasteiger partial charge >= 0.3 is 0 Å². The molecule has 10 aromatic rings. The van der Waals surface area contributed by atoms with Gasteiger partial charge in [0.1, 0.15) is 0 Å². The third-order valence-electron chi connectivity index (χ3n) is 11.1. The lowest BCUT2D eigenvalue weighted by Crippen LogP contribution is -2.03. The predicted octanol–water partition coefficient (Wildman–Crippen LogP) is 14.3. The van der Waals surface area contributed by atoms with Gasteiger partial charge in [0.15, 0.2) is 11.5 Å². The number of benzene rings is 8. The smallest absolute Gasteiger partial charge is 0.187 e. The van der Waals surface area contributed by atoms with Crippen molar-refractivity contribution in [1.29, 1.82) is 5.26 Å². The minimum atomic E-state index is 0.565. The summed E-state index contributed by atoms with van der Waals surface area (Å²) in [6, 6.07) is 68.7. The molecule has 0 spiro atoms. The van der Waals surface area contributed by atoms with Crippen LogP contribution in [0.1, 0.15) is 11.1 Å². The summed E-state index contributed by atoms with van der Waals surface area (Å²) < 4.78 is 2.37. The molecule has 60 heavy (non-hydrogen) atoms. The zero-order valence-electron chi connectivity index (χ0n) is 32.7. The van der Waals surface area contributed by atoms with E-state index in [1.54, 1.807) is 0 Å². The minimum absolute atomic E-state index is 0.565. The van der Waals surface area contributed by atoms with Crippen LogP contribution in [-0.4, -0.2) is 14.5 Å². The standard InChI is InChI=1S/C55H35N5/c1-36-12-11-17-42(30-36)43-26-29-53-49(31-43)46-18-9-10-19-52(46)60(53)54-47(38-22-20-37(35-56)21-23-38)32-44(33-48(54)39-24-27-45(57-2)28-25-39)55-58-50(40-13-5-3-6-14-40)34-51(59-55)41-15-7-4-8-16-41/h3-34H,1H3. The number of rotatable bonds is 7. The molecule has 10 rings (SSSR count). The number of para-hydroxylation sites is 1. The van der Waals surface area contributed by atoms with Crippen molar-refractivity contribution in [2.45, 2.75) is 6.92 Å². The molecule has 0 amide bonds. The summed E-state index contributed by atoms with van der Waals surface area (Å²) in [5.74, 6) is 0.584. The van der Waals surface area contributed by atoms with Crippen LogP contribution in [0.5, 0.6) is 0 Å². The van der Waals surface area contributed by atoms with E-state index in [-0.39, 0.29) is 0 Å². The quantitative estimate of drug-likeness (QED) is 0.152. The second-order valence-electron chi connectivity index (χ2n) is 14.9. The van der Waals surface area contributed by atoms with E-state index >= 15 is 0 Å². The largest absolute Gasteiger partial charge is 0.308 e. The third kappa shape index (κ3) is 6.57. The van der Waals surface area contributed by atoms with Crippen molar-refractivity contribution in [3.05, 3.63) is 217 Å². The first-order chi connectivity index (χ1) is 29.5. The maximum absolute atomic E-state index is 9.84. The lowest BCUT2D eigenvalue weighted by atomic mass is 9.92. The van der Waals surface area contributed by atoms with Crippen LogP contribution < -0.4 is 0 Å². The van der Waals surface area contributed by atoms with Gasteiger partial charge < -0.3 is 4.57 Å². The van der Waals surface area contributed by atoms with Crippen LogP contribution in [0.3, 0.4) is 0 Å². The third-order valence-corrected chi connectivity index (χ3v) is 11.1. The summed E-state index contributed by atoms with van der Waals surface area (Å²) in [6.07, 6.45) is 0. The lowest BCUT2D eigenvalue weighted by molar-refractivity contribution is 1.17. The highest BCUT2D eigenvalue weighted by molar-refractivity contribution is 6.12. The Kier molecular flexibility index (Phi) is 9.10. The molecule has 2 aromatic heterocycles. The molecule has 0 aliphatic carbocycles. The molecule has 0 aliphatic rings. The number of hydrogen-bond acceptors (Lipinski definition) is 3. The van der Waals surface area contributed by atoms with Gasteiger partial charge in [-0.15, -0.1) is 0 Å². The van der Waals surface area contributed by atoms with Gasteiger partial charge in [-0.05, 0) is 77.7 Å². The Morgan fingerprint density at radius 3 is 1.65 bits per heavy atom. The fourth-order valence-electron chi connectivity index (χ4n) is 8.19. The average molecular weight is 766 g/mol. The molecule has 0 saturated carbocycles. The first-order valence-corrected chi connectivity index (χ1v) is 19.8. The Balaban J connectivity index is 1.31. The van der Waals surface area contributed by atoms with E-state index in [2.05, 4.69) is 132 Å². The van der Waals surface area contributed by atoms with Crippen LogP contribution in [0.15, 0.2) is 194 Å². The van der Waals surface area contributed by atoms with Gasteiger partial charge in [-0.1, -0.05) is 151 Å². The lowest BCUT2D eigenvalue weighted by Gasteiger charge is -2.21. The van der Waals surface area contributed by atoms with Crippen LogP contribution in [0.4, 0.5) is 5.69 Å². The van der Waals surface area contributed by atoms with Gasteiger partial charge in [0.25, 0.3) is 0 Å². The molecule has 0 unspecified atom stereocenters. The molecule has 5 heteroatoms. The van der Waals surface area contributed by atoms with E-state index in [0.717, 1.165) is 83.4 Å². The van der Waals surface area contributed by atoms with E-state index in [9.17, 15) is 5.26 Å². The molecule has 2 heterocycles. The highest BCUT2D eigenvalue weighted by Gasteiger charge is 2.23. The zero-order valence-corrected chi connectivity index (χ0v) is 32.7. The second kappa shape index (κ2) is 15.2. The summed E-state index contributed by atoms with van der Waals surface area (Å²) in [5.41, 5.74) is 16.0. The van der Waals surface area contributed by atoms with Crippen molar-refractivity contribution in [3.8, 4) is 79.0 Å². The fraction of sp³-hybridized carbons (Fsp3) is 0.0182. The Hall–Kier alpha value is -8.38. The summed E-state index contributed by atoms with van der Waals surface area (Å²) in [7, 11) is 0. The van der Waals surface area contributed by atoms with E-state index in [1.807, 2.05) is 84.9 Å². The molecule has 8 aromatic carbocycles. The van der Waals surface area contributed by atoms with Crippen molar-refractivity contribution in [3.63, 3.8) is 0 Å². The van der Waals surface area contributed by atoms with Crippen molar-refractivity contribution >= 4 is 27.5 Å². The molecule has 0 saturated heterocycles. The van der Waals surface area contributed by atoms with Crippen molar-refractivity contribution in [2.75, 3.05) is 0 Å². The molecule has 280 valence electrons. The SMILES string of the molecule is [C-]#[N+]c1ccc(-c2cc(-c3nc(-c4ccccc4)cc(-c4ccccc4)n3)cc(-c3ccc(C#N)cc3)c2-n2c3ccccc3c3cc(-c4cccc(C)c4)ccc32)cc1. The number of nitrogens with zero attached hydrogens (tertiary/aromatic N) is 5. The van der Waals surface area contributed by atoms with E-state index in [4.69, 9.17) is 16.5 Å². The number of aromatic nitrogens is 3. The molecule has 0 atom stereocenters. The average Bonchev–Trinajstić information content (AvgIpc) is 3.65.